The molecule has 3 heteroatoms. The molecule has 0 spiro atoms. The Labute approximate surface area is 85.4 Å². The molecule has 0 aliphatic carbocycles. The Hall–Kier alpha value is -1.30. The van der Waals surface area contributed by atoms with E-state index in [1.165, 1.54) is 7.11 Å². The first-order chi connectivity index (χ1) is 6.71. The van der Waals surface area contributed by atoms with Gasteiger partial charge in [-0.05, 0) is 18.8 Å². The Morgan fingerprint density at radius 1 is 1.71 bits per heavy atom. The van der Waals surface area contributed by atoms with Crippen molar-refractivity contribution < 1.29 is 9.53 Å². The smallest absolute Gasteiger partial charge is 0.323 e. The lowest BCUT2D eigenvalue weighted by Gasteiger charge is -2.17. The Kier molecular flexibility index (Phi) is 6.47. The van der Waals surface area contributed by atoms with Crippen molar-refractivity contribution in [2.24, 2.45) is 11.8 Å². The van der Waals surface area contributed by atoms with Gasteiger partial charge in [0.1, 0.15) is 5.92 Å². The quantitative estimate of drug-likeness (QED) is 0.482. The summed E-state index contributed by atoms with van der Waals surface area (Å²) in [7, 11) is 1.31. The summed E-state index contributed by atoms with van der Waals surface area (Å²) in [6, 6.07) is 2.00. The summed E-state index contributed by atoms with van der Waals surface area (Å²) in [4.78, 5) is 11.3. The maximum Gasteiger partial charge on any atom is 0.323 e. The zero-order chi connectivity index (χ0) is 11.0. The van der Waals surface area contributed by atoms with E-state index < -0.39 is 11.9 Å². The second kappa shape index (κ2) is 7.14. The van der Waals surface area contributed by atoms with Gasteiger partial charge >= 0.3 is 5.97 Å². The van der Waals surface area contributed by atoms with Crippen LogP contribution in [0.25, 0.3) is 0 Å². The molecule has 0 aromatic carbocycles. The largest absolute Gasteiger partial charge is 0.468 e. The lowest BCUT2D eigenvalue weighted by molar-refractivity contribution is -0.145. The highest BCUT2D eigenvalue weighted by Gasteiger charge is 2.27. The normalized spacial score (nSPS) is 13.8. The molecule has 0 aliphatic rings. The van der Waals surface area contributed by atoms with Gasteiger partial charge in [0.25, 0.3) is 0 Å². The molecule has 2 unspecified atom stereocenters. The van der Waals surface area contributed by atoms with Gasteiger partial charge in [-0.1, -0.05) is 19.4 Å². The van der Waals surface area contributed by atoms with Crippen LogP contribution in [0.3, 0.4) is 0 Å². The first-order valence-electron chi connectivity index (χ1n) is 4.79. The van der Waals surface area contributed by atoms with E-state index in [4.69, 9.17) is 5.26 Å². The zero-order valence-electron chi connectivity index (χ0n) is 8.82. The molecule has 0 N–H and O–H groups in total. The van der Waals surface area contributed by atoms with Crippen LogP contribution in [0.1, 0.15) is 26.2 Å². The highest BCUT2D eigenvalue weighted by Crippen LogP contribution is 2.22. The van der Waals surface area contributed by atoms with Crippen molar-refractivity contribution in [3.63, 3.8) is 0 Å². The van der Waals surface area contributed by atoms with Crippen LogP contribution in [0.15, 0.2) is 12.7 Å². The number of allylic oxidation sites excluding steroid dienone is 1. The third kappa shape index (κ3) is 3.61. The van der Waals surface area contributed by atoms with Gasteiger partial charge in [0.2, 0.25) is 0 Å². The number of hydrogen-bond acceptors (Lipinski definition) is 3. The number of rotatable bonds is 6. The molecule has 0 aliphatic heterocycles. The molecule has 0 rings (SSSR count). The first-order valence-corrected chi connectivity index (χ1v) is 4.79. The molecule has 0 aromatic rings. The molecule has 0 aromatic heterocycles. The van der Waals surface area contributed by atoms with Crippen LogP contribution < -0.4 is 0 Å². The molecule has 14 heavy (non-hydrogen) atoms. The van der Waals surface area contributed by atoms with E-state index >= 15 is 0 Å². The second-order valence-electron chi connectivity index (χ2n) is 3.20. The Balaban J connectivity index is 4.49. The molecule has 78 valence electrons. The van der Waals surface area contributed by atoms with Crippen LogP contribution in [-0.2, 0) is 9.53 Å². The van der Waals surface area contributed by atoms with E-state index in [1.54, 1.807) is 6.08 Å². The molecule has 2 atom stereocenters. The van der Waals surface area contributed by atoms with Crippen LogP contribution in [0.4, 0.5) is 0 Å². The highest BCUT2D eigenvalue weighted by atomic mass is 16.5. The molecule has 0 heterocycles. The van der Waals surface area contributed by atoms with Crippen LogP contribution in [0, 0.1) is 23.2 Å². The number of hydrogen-bond donors (Lipinski definition) is 0. The monoisotopic (exact) mass is 195 g/mol. The van der Waals surface area contributed by atoms with Crippen molar-refractivity contribution in [2.75, 3.05) is 7.11 Å². The topological polar surface area (TPSA) is 50.1 Å². The van der Waals surface area contributed by atoms with Gasteiger partial charge in [-0.2, -0.15) is 5.26 Å². The van der Waals surface area contributed by atoms with Crippen molar-refractivity contribution in [1.82, 2.24) is 0 Å². The average Bonchev–Trinajstić information content (AvgIpc) is 2.19. The van der Waals surface area contributed by atoms with Crippen molar-refractivity contribution >= 4 is 5.97 Å². The Bertz CT molecular complexity index is 230. The molecule has 0 saturated carbocycles. The Morgan fingerprint density at radius 2 is 2.36 bits per heavy atom. The van der Waals surface area contributed by atoms with Gasteiger partial charge in [-0.3, -0.25) is 4.79 Å². The van der Waals surface area contributed by atoms with E-state index in [2.05, 4.69) is 11.3 Å². The van der Waals surface area contributed by atoms with E-state index in [-0.39, 0.29) is 5.92 Å². The summed E-state index contributed by atoms with van der Waals surface area (Å²) in [5, 5.41) is 8.87. The van der Waals surface area contributed by atoms with E-state index in [0.717, 1.165) is 12.8 Å². The molecule has 0 fully saturated rings. The summed E-state index contributed by atoms with van der Waals surface area (Å²) < 4.78 is 4.58. The van der Waals surface area contributed by atoms with Gasteiger partial charge in [0, 0.05) is 0 Å². The summed E-state index contributed by atoms with van der Waals surface area (Å²) >= 11 is 0. The SMILES string of the molecule is C=CCC(CCC)C(C#N)C(=O)OC. The number of nitriles is 1. The minimum atomic E-state index is -0.655. The van der Waals surface area contributed by atoms with Crippen molar-refractivity contribution in [1.29, 1.82) is 5.26 Å². The molecular formula is C11H17NO2. The van der Waals surface area contributed by atoms with Gasteiger partial charge < -0.3 is 4.74 Å². The predicted octanol–water partition coefficient (Wildman–Crippen LogP) is 2.29. The van der Waals surface area contributed by atoms with Crippen LogP contribution in [0.2, 0.25) is 0 Å². The maximum absolute atomic E-state index is 11.3. The fourth-order valence-corrected chi connectivity index (χ4v) is 1.48. The minimum Gasteiger partial charge on any atom is -0.468 e. The van der Waals surface area contributed by atoms with Crippen molar-refractivity contribution in [3.05, 3.63) is 12.7 Å². The fraction of sp³-hybridized carbons (Fsp3) is 0.636. The first kappa shape index (κ1) is 12.7. The third-order valence-electron chi connectivity index (χ3n) is 2.19. The van der Waals surface area contributed by atoms with E-state index in [9.17, 15) is 4.79 Å². The summed E-state index contributed by atoms with van der Waals surface area (Å²) in [6.07, 6.45) is 4.22. The number of carbonyl (C=O) groups excluding carboxylic acids is 1. The van der Waals surface area contributed by atoms with Gasteiger partial charge in [-0.15, -0.1) is 6.58 Å². The summed E-state index contributed by atoms with van der Waals surface area (Å²) in [6.45, 7) is 5.65. The van der Waals surface area contributed by atoms with Crippen LogP contribution >= 0.6 is 0 Å². The van der Waals surface area contributed by atoms with Gasteiger partial charge in [0.15, 0.2) is 0 Å². The highest BCUT2D eigenvalue weighted by molar-refractivity contribution is 5.75. The summed E-state index contributed by atoms with van der Waals surface area (Å²) in [5.74, 6) is -1.05. The zero-order valence-corrected chi connectivity index (χ0v) is 8.82. The lowest BCUT2D eigenvalue weighted by Crippen LogP contribution is -2.23. The number of esters is 1. The number of ether oxygens (including phenoxy) is 1. The van der Waals surface area contributed by atoms with Crippen molar-refractivity contribution in [2.45, 2.75) is 26.2 Å². The molecule has 0 amide bonds. The lowest BCUT2D eigenvalue weighted by atomic mass is 9.87. The molecule has 3 nitrogen and oxygen atoms in total. The van der Waals surface area contributed by atoms with E-state index in [1.807, 2.05) is 13.0 Å². The van der Waals surface area contributed by atoms with E-state index in [0.29, 0.717) is 6.42 Å². The molecule has 0 radical (unpaired) electrons. The summed E-state index contributed by atoms with van der Waals surface area (Å²) in [5.41, 5.74) is 0. The number of nitrogens with zero attached hydrogens (tertiary/aromatic N) is 1. The van der Waals surface area contributed by atoms with Gasteiger partial charge in [0.05, 0.1) is 13.2 Å². The molecular weight excluding hydrogens is 178 g/mol. The fourth-order valence-electron chi connectivity index (χ4n) is 1.48. The molecule has 0 bridgehead atoms. The molecule has 0 saturated heterocycles. The van der Waals surface area contributed by atoms with Crippen molar-refractivity contribution in [3.8, 4) is 6.07 Å². The second-order valence-corrected chi connectivity index (χ2v) is 3.20. The number of carbonyl (C=O) groups is 1. The average molecular weight is 195 g/mol. The number of methoxy groups -OCH3 is 1. The predicted molar refractivity (Wildman–Crippen MR) is 54.3 cm³/mol. The standard InChI is InChI=1S/C11H17NO2/c1-4-6-9(7-5-2)10(8-12)11(13)14-3/h4,9-10H,1,5-7H2,2-3H3. The minimum absolute atomic E-state index is 0.0370. The van der Waals surface area contributed by atoms with Crippen LogP contribution in [0.5, 0.6) is 0 Å². The Morgan fingerprint density at radius 3 is 2.71 bits per heavy atom. The van der Waals surface area contributed by atoms with Gasteiger partial charge in [-0.25, -0.2) is 0 Å². The maximum atomic E-state index is 11.3. The van der Waals surface area contributed by atoms with Crippen LogP contribution in [-0.4, -0.2) is 13.1 Å². The third-order valence-corrected chi connectivity index (χ3v) is 2.19.